The van der Waals surface area contributed by atoms with Gasteiger partial charge in [0.25, 0.3) is 0 Å². The molecule has 1 nitrogen and oxygen atoms in total. The van der Waals surface area contributed by atoms with Crippen molar-refractivity contribution in [2.24, 2.45) is 0 Å². The minimum atomic E-state index is 0.392. The van der Waals surface area contributed by atoms with E-state index in [4.69, 9.17) is 5.26 Å². The summed E-state index contributed by atoms with van der Waals surface area (Å²) in [7, 11) is 0. The first-order chi connectivity index (χ1) is 5.27. The van der Waals surface area contributed by atoms with Gasteiger partial charge in [0, 0.05) is 10.8 Å². The zero-order chi connectivity index (χ0) is 8.27. The summed E-state index contributed by atoms with van der Waals surface area (Å²) in [4.78, 5) is 0. The van der Waals surface area contributed by atoms with E-state index in [9.17, 15) is 0 Å². The highest BCUT2D eigenvalue weighted by Gasteiger charge is 2.14. The van der Waals surface area contributed by atoms with E-state index in [1.165, 1.54) is 5.57 Å². The van der Waals surface area contributed by atoms with Crippen LogP contribution in [0.5, 0.6) is 0 Å². The molecule has 1 aliphatic carbocycles. The topological polar surface area (TPSA) is 23.8 Å². The van der Waals surface area contributed by atoms with Gasteiger partial charge in [0.1, 0.15) is 0 Å². The van der Waals surface area contributed by atoms with Crippen LogP contribution in [0.1, 0.15) is 13.3 Å². The van der Waals surface area contributed by atoms with Gasteiger partial charge < -0.3 is 0 Å². The van der Waals surface area contributed by atoms with E-state index >= 15 is 0 Å². The molecule has 0 saturated carbocycles. The van der Waals surface area contributed by atoms with Crippen LogP contribution in [0.2, 0.25) is 0 Å². The highest BCUT2D eigenvalue weighted by Crippen LogP contribution is 2.25. The molecule has 0 fully saturated rings. The lowest BCUT2D eigenvalue weighted by atomic mass is 10.0. The molecule has 0 spiro atoms. The fourth-order valence-electron chi connectivity index (χ4n) is 1.14. The molecule has 0 N–H and O–H groups in total. The van der Waals surface area contributed by atoms with Crippen molar-refractivity contribution in [2.45, 2.75) is 18.6 Å². The molecule has 0 aromatic heterocycles. The number of hydrogen-bond acceptors (Lipinski definition) is 2. The summed E-state index contributed by atoms with van der Waals surface area (Å²) in [5.74, 6) is 0. The first-order valence-corrected chi connectivity index (χ1v) is 4.88. The predicted molar refractivity (Wildman–Crippen MR) is 49.4 cm³/mol. The standard InChI is InChI=1S/C9H11NS/c1-7-3-4-9(11-2)8(5-7)6-10/h3,5,9H,4H2,1-2H3. The maximum absolute atomic E-state index is 8.75. The zero-order valence-electron chi connectivity index (χ0n) is 6.79. The van der Waals surface area contributed by atoms with E-state index < -0.39 is 0 Å². The first kappa shape index (κ1) is 8.42. The molecule has 0 amide bonds. The molecule has 0 radical (unpaired) electrons. The monoisotopic (exact) mass is 165 g/mol. The number of hydrogen-bond donors (Lipinski definition) is 0. The molecule has 0 heterocycles. The normalized spacial score (nSPS) is 23.5. The average Bonchev–Trinajstić information content (AvgIpc) is 2.04. The van der Waals surface area contributed by atoms with Crippen LogP contribution in [0.4, 0.5) is 0 Å². The van der Waals surface area contributed by atoms with Crippen molar-refractivity contribution >= 4 is 11.8 Å². The second kappa shape index (κ2) is 3.64. The lowest BCUT2D eigenvalue weighted by Gasteiger charge is -2.15. The minimum absolute atomic E-state index is 0.392. The summed E-state index contributed by atoms with van der Waals surface area (Å²) in [5.41, 5.74) is 2.13. The number of nitriles is 1. The Morgan fingerprint density at radius 3 is 3.00 bits per heavy atom. The maximum atomic E-state index is 8.75. The molecular formula is C9H11NS. The Labute approximate surface area is 71.8 Å². The van der Waals surface area contributed by atoms with Gasteiger partial charge in [-0.05, 0) is 25.7 Å². The fraction of sp³-hybridized carbons (Fsp3) is 0.444. The summed E-state index contributed by atoms with van der Waals surface area (Å²) >= 11 is 1.75. The Bertz CT molecular complexity index is 245. The minimum Gasteiger partial charge on any atom is -0.193 e. The van der Waals surface area contributed by atoms with E-state index in [2.05, 4.69) is 12.1 Å². The SMILES string of the molecule is CSC1CC=C(C)C=C1C#N. The van der Waals surface area contributed by atoms with Crippen LogP contribution in [0.15, 0.2) is 23.3 Å². The summed E-state index contributed by atoms with van der Waals surface area (Å²) in [5, 5.41) is 9.14. The van der Waals surface area contributed by atoms with E-state index in [1.54, 1.807) is 11.8 Å². The summed E-state index contributed by atoms with van der Waals surface area (Å²) in [6, 6.07) is 2.23. The Morgan fingerprint density at radius 2 is 2.45 bits per heavy atom. The van der Waals surface area contributed by atoms with Crippen molar-refractivity contribution < 1.29 is 0 Å². The quantitative estimate of drug-likeness (QED) is 0.596. The zero-order valence-corrected chi connectivity index (χ0v) is 7.61. The molecule has 0 aliphatic heterocycles. The molecule has 0 aromatic rings. The molecule has 0 aromatic carbocycles. The molecule has 1 atom stereocenters. The summed E-state index contributed by atoms with van der Waals surface area (Å²) in [6.45, 7) is 2.04. The highest BCUT2D eigenvalue weighted by atomic mass is 32.2. The van der Waals surface area contributed by atoms with Gasteiger partial charge in [-0.15, -0.1) is 0 Å². The van der Waals surface area contributed by atoms with Gasteiger partial charge >= 0.3 is 0 Å². The van der Waals surface area contributed by atoms with Crippen molar-refractivity contribution in [1.29, 1.82) is 5.26 Å². The molecule has 0 bridgehead atoms. The van der Waals surface area contributed by atoms with Gasteiger partial charge in [0.15, 0.2) is 0 Å². The van der Waals surface area contributed by atoms with E-state index in [0.717, 1.165) is 12.0 Å². The van der Waals surface area contributed by atoms with Crippen LogP contribution in [0.25, 0.3) is 0 Å². The van der Waals surface area contributed by atoms with Gasteiger partial charge in [0.2, 0.25) is 0 Å². The highest BCUT2D eigenvalue weighted by molar-refractivity contribution is 7.99. The second-order valence-corrected chi connectivity index (χ2v) is 3.66. The van der Waals surface area contributed by atoms with Crippen LogP contribution in [-0.2, 0) is 0 Å². The fourth-order valence-corrected chi connectivity index (χ4v) is 1.81. The number of nitrogens with zero attached hydrogens (tertiary/aromatic N) is 1. The molecule has 11 heavy (non-hydrogen) atoms. The van der Waals surface area contributed by atoms with Gasteiger partial charge in [-0.25, -0.2) is 0 Å². The van der Waals surface area contributed by atoms with Crippen molar-refractivity contribution in [1.82, 2.24) is 0 Å². The molecular weight excluding hydrogens is 154 g/mol. The van der Waals surface area contributed by atoms with Gasteiger partial charge in [-0.1, -0.05) is 11.6 Å². The molecule has 2 heteroatoms. The van der Waals surface area contributed by atoms with Crippen molar-refractivity contribution in [3.8, 4) is 6.07 Å². The Morgan fingerprint density at radius 1 is 1.73 bits per heavy atom. The molecule has 1 aliphatic rings. The maximum Gasteiger partial charge on any atom is 0.0959 e. The van der Waals surface area contributed by atoms with Gasteiger partial charge in [0.05, 0.1) is 6.07 Å². The third kappa shape index (κ3) is 1.87. The third-order valence-electron chi connectivity index (χ3n) is 1.80. The number of rotatable bonds is 1. The van der Waals surface area contributed by atoms with E-state index in [1.807, 2.05) is 19.3 Å². The van der Waals surface area contributed by atoms with Crippen LogP contribution < -0.4 is 0 Å². The van der Waals surface area contributed by atoms with Crippen LogP contribution in [0.3, 0.4) is 0 Å². The average molecular weight is 165 g/mol. The van der Waals surface area contributed by atoms with Gasteiger partial charge in [-0.2, -0.15) is 17.0 Å². The molecule has 1 rings (SSSR count). The van der Waals surface area contributed by atoms with Crippen molar-refractivity contribution in [3.63, 3.8) is 0 Å². The largest absolute Gasteiger partial charge is 0.193 e. The lowest BCUT2D eigenvalue weighted by Crippen LogP contribution is -2.07. The predicted octanol–water partition coefficient (Wildman–Crippen LogP) is 2.52. The Hall–Kier alpha value is -0.680. The van der Waals surface area contributed by atoms with E-state index in [0.29, 0.717) is 5.25 Å². The van der Waals surface area contributed by atoms with Crippen LogP contribution in [-0.4, -0.2) is 11.5 Å². The number of thioether (sulfide) groups is 1. The summed E-state index contributed by atoms with van der Waals surface area (Å²) < 4.78 is 0. The summed E-state index contributed by atoms with van der Waals surface area (Å²) in [6.07, 6.45) is 7.21. The van der Waals surface area contributed by atoms with Crippen molar-refractivity contribution in [3.05, 3.63) is 23.3 Å². The van der Waals surface area contributed by atoms with Gasteiger partial charge in [-0.3, -0.25) is 0 Å². The van der Waals surface area contributed by atoms with Crippen LogP contribution in [0, 0.1) is 11.3 Å². The lowest BCUT2D eigenvalue weighted by molar-refractivity contribution is 0.998. The van der Waals surface area contributed by atoms with Crippen molar-refractivity contribution in [2.75, 3.05) is 6.26 Å². The first-order valence-electron chi connectivity index (χ1n) is 3.59. The molecule has 1 unspecified atom stereocenters. The van der Waals surface area contributed by atoms with E-state index in [-0.39, 0.29) is 0 Å². The molecule has 0 saturated heterocycles. The Kier molecular flexibility index (Phi) is 2.78. The second-order valence-electron chi connectivity index (χ2n) is 2.62. The van der Waals surface area contributed by atoms with Crippen LogP contribution >= 0.6 is 11.8 Å². The third-order valence-corrected chi connectivity index (χ3v) is 2.81. The Balaban J connectivity index is 2.82. The smallest absolute Gasteiger partial charge is 0.0959 e. The molecule has 58 valence electrons. The number of allylic oxidation sites excluding steroid dienone is 3.